The third kappa shape index (κ3) is 4.58. The second-order valence-electron chi connectivity index (χ2n) is 5.98. The molecule has 1 aromatic rings. The zero-order valence-electron chi connectivity index (χ0n) is 13.1. The summed E-state index contributed by atoms with van der Waals surface area (Å²) in [6, 6.07) is 5.65. The highest BCUT2D eigenvalue weighted by molar-refractivity contribution is 7.89. The molecule has 0 aliphatic rings. The minimum absolute atomic E-state index is 0.0677. The van der Waals surface area contributed by atoms with E-state index in [1.54, 1.807) is 6.07 Å². The summed E-state index contributed by atoms with van der Waals surface area (Å²) in [5.74, 6) is 0. The summed E-state index contributed by atoms with van der Waals surface area (Å²) in [6.45, 7) is 11.9. The van der Waals surface area contributed by atoms with Crippen LogP contribution in [0.3, 0.4) is 0 Å². The quantitative estimate of drug-likeness (QED) is 0.791. The van der Waals surface area contributed by atoms with E-state index in [0.717, 1.165) is 17.7 Å². The van der Waals surface area contributed by atoms with Crippen molar-refractivity contribution in [3.05, 3.63) is 29.3 Å². The van der Waals surface area contributed by atoms with Gasteiger partial charge in [-0.2, -0.15) is 0 Å². The van der Waals surface area contributed by atoms with E-state index in [9.17, 15) is 8.42 Å². The van der Waals surface area contributed by atoms with Crippen molar-refractivity contribution >= 4 is 10.0 Å². The number of benzene rings is 1. The number of hydrogen-bond acceptors (Lipinski definition) is 3. The predicted molar refractivity (Wildman–Crippen MR) is 83.6 cm³/mol. The molecule has 0 aromatic heterocycles. The molecule has 0 unspecified atom stereocenters. The average Bonchev–Trinajstić information content (AvgIpc) is 2.33. The number of likely N-dealkylation sites (N-methyl/N-ethyl adjacent to an activating group) is 1. The highest BCUT2D eigenvalue weighted by atomic mass is 32.2. The van der Waals surface area contributed by atoms with Crippen LogP contribution in [0.25, 0.3) is 0 Å². The van der Waals surface area contributed by atoms with Crippen LogP contribution in [0.1, 0.15) is 38.8 Å². The van der Waals surface area contributed by atoms with Crippen LogP contribution in [0.4, 0.5) is 0 Å². The summed E-state index contributed by atoms with van der Waals surface area (Å²) in [5, 5.41) is 3.10. The fourth-order valence-corrected chi connectivity index (χ4v) is 3.18. The maximum absolute atomic E-state index is 12.4. The van der Waals surface area contributed by atoms with Crippen LogP contribution in [-0.2, 0) is 15.4 Å². The Hall–Kier alpha value is -0.910. The van der Waals surface area contributed by atoms with Gasteiger partial charge in [0.2, 0.25) is 10.0 Å². The van der Waals surface area contributed by atoms with Gasteiger partial charge >= 0.3 is 0 Å². The molecule has 0 heterocycles. The van der Waals surface area contributed by atoms with Crippen molar-refractivity contribution in [2.24, 2.45) is 0 Å². The summed E-state index contributed by atoms with van der Waals surface area (Å²) < 4.78 is 27.4. The second kappa shape index (κ2) is 6.70. The fraction of sp³-hybridized carbons (Fsp3) is 0.600. The van der Waals surface area contributed by atoms with E-state index in [4.69, 9.17) is 0 Å². The molecule has 0 aliphatic carbocycles. The number of aryl methyl sites for hydroxylation is 1. The summed E-state index contributed by atoms with van der Waals surface area (Å²) in [4.78, 5) is 0.376. The lowest BCUT2D eigenvalue weighted by Crippen LogP contribution is -2.32. The third-order valence-electron chi connectivity index (χ3n) is 3.19. The Morgan fingerprint density at radius 1 is 1.15 bits per heavy atom. The lowest BCUT2D eigenvalue weighted by atomic mass is 9.87. The monoisotopic (exact) mass is 298 g/mol. The van der Waals surface area contributed by atoms with Gasteiger partial charge in [-0.1, -0.05) is 39.8 Å². The van der Waals surface area contributed by atoms with Crippen LogP contribution in [-0.4, -0.2) is 28.1 Å². The van der Waals surface area contributed by atoms with Gasteiger partial charge in [0.1, 0.15) is 0 Å². The molecule has 0 amide bonds. The molecule has 0 aliphatic heterocycles. The molecule has 0 saturated carbocycles. The number of rotatable bonds is 6. The molecule has 4 nitrogen and oxygen atoms in total. The van der Waals surface area contributed by atoms with Crippen molar-refractivity contribution in [2.75, 3.05) is 19.6 Å². The molecule has 1 rings (SSSR count). The minimum Gasteiger partial charge on any atom is -0.316 e. The average molecular weight is 298 g/mol. The summed E-state index contributed by atoms with van der Waals surface area (Å²) in [6.07, 6.45) is 0. The van der Waals surface area contributed by atoms with Crippen molar-refractivity contribution in [1.82, 2.24) is 10.0 Å². The third-order valence-corrected chi connectivity index (χ3v) is 4.79. The highest BCUT2D eigenvalue weighted by Crippen LogP contribution is 2.26. The van der Waals surface area contributed by atoms with Crippen molar-refractivity contribution in [2.45, 2.75) is 44.9 Å². The highest BCUT2D eigenvalue weighted by Gasteiger charge is 2.20. The van der Waals surface area contributed by atoms with E-state index in [1.165, 1.54) is 0 Å². The molecular weight excluding hydrogens is 272 g/mol. The van der Waals surface area contributed by atoms with Gasteiger partial charge in [-0.3, -0.25) is 0 Å². The normalized spacial score (nSPS) is 12.7. The van der Waals surface area contributed by atoms with Crippen LogP contribution < -0.4 is 10.0 Å². The van der Waals surface area contributed by atoms with Gasteiger partial charge in [0.05, 0.1) is 4.90 Å². The van der Waals surface area contributed by atoms with Gasteiger partial charge in [0.15, 0.2) is 0 Å². The molecule has 0 atom stereocenters. The molecule has 0 saturated heterocycles. The molecule has 0 bridgehead atoms. The summed E-state index contributed by atoms with van der Waals surface area (Å²) in [5.41, 5.74) is 1.73. The number of sulfonamides is 1. The standard InChI is InChI=1S/C15H26N2O2S/c1-6-16-9-10-17-20(18,19)14-11-13(15(3,4)5)8-7-12(14)2/h7-8,11,16-17H,6,9-10H2,1-5H3. The first kappa shape index (κ1) is 17.1. The molecule has 5 heteroatoms. The Bertz CT molecular complexity index is 545. The van der Waals surface area contributed by atoms with E-state index >= 15 is 0 Å². The Balaban J connectivity index is 2.99. The van der Waals surface area contributed by atoms with E-state index in [-0.39, 0.29) is 5.41 Å². The van der Waals surface area contributed by atoms with Gasteiger partial charge < -0.3 is 5.32 Å². The largest absolute Gasteiger partial charge is 0.316 e. The number of nitrogens with one attached hydrogen (secondary N) is 2. The van der Waals surface area contributed by atoms with Crippen LogP contribution in [0, 0.1) is 6.92 Å². The summed E-state index contributed by atoms with van der Waals surface area (Å²) in [7, 11) is -3.44. The first-order valence-corrected chi connectivity index (χ1v) is 8.48. The van der Waals surface area contributed by atoms with E-state index in [1.807, 2.05) is 26.0 Å². The van der Waals surface area contributed by atoms with Crippen LogP contribution in [0.5, 0.6) is 0 Å². The lowest BCUT2D eigenvalue weighted by Gasteiger charge is -2.21. The van der Waals surface area contributed by atoms with Gasteiger partial charge in [-0.25, -0.2) is 13.1 Å². The smallest absolute Gasteiger partial charge is 0.240 e. The molecule has 2 N–H and O–H groups in total. The van der Waals surface area contributed by atoms with E-state index in [2.05, 4.69) is 30.8 Å². The first-order valence-electron chi connectivity index (χ1n) is 7.00. The van der Waals surface area contributed by atoms with Crippen LogP contribution in [0.2, 0.25) is 0 Å². The molecular formula is C15H26N2O2S. The Kier molecular flexibility index (Phi) is 5.74. The maximum atomic E-state index is 12.4. The lowest BCUT2D eigenvalue weighted by molar-refractivity contribution is 0.572. The van der Waals surface area contributed by atoms with E-state index < -0.39 is 10.0 Å². The Labute approximate surface area is 123 Å². The zero-order valence-corrected chi connectivity index (χ0v) is 13.9. The van der Waals surface area contributed by atoms with Crippen molar-refractivity contribution < 1.29 is 8.42 Å². The summed E-state index contributed by atoms with van der Waals surface area (Å²) >= 11 is 0. The second-order valence-corrected chi connectivity index (χ2v) is 7.72. The Morgan fingerprint density at radius 2 is 1.80 bits per heavy atom. The van der Waals surface area contributed by atoms with Gasteiger partial charge in [-0.15, -0.1) is 0 Å². The van der Waals surface area contributed by atoms with Crippen molar-refractivity contribution in [3.63, 3.8) is 0 Å². The topological polar surface area (TPSA) is 58.2 Å². The molecule has 0 spiro atoms. The van der Waals surface area contributed by atoms with Crippen LogP contribution in [0.15, 0.2) is 23.1 Å². The van der Waals surface area contributed by atoms with Crippen LogP contribution >= 0.6 is 0 Å². The molecule has 0 fully saturated rings. The van der Waals surface area contributed by atoms with Gasteiger partial charge in [-0.05, 0) is 36.1 Å². The maximum Gasteiger partial charge on any atom is 0.240 e. The first-order chi connectivity index (χ1) is 9.18. The molecule has 1 aromatic carbocycles. The number of hydrogen-bond donors (Lipinski definition) is 2. The zero-order chi connectivity index (χ0) is 15.4. The van der Waals surface area contributed by atoms with Crippen molar-refractivity contribution in [3.8, 4) is 0 Å². The molecule has 20 heavy (non-hydrogen) atoms. The van der Waals surface area contributed by atoms with Crippen molar-refractivity contribution in [1.29, 1.82) is 0 Å². The fourth-order valence-electron chi connectivity index (χ4n) is 1.88. The van der Waals surface area contributed by atoms with E-state index in [0.29, 0.717) is 18.0 Å². The minimum atomic E-state index is -3.44. The van der Waals surface area contributed by atoms with Gasteiger partial charge in [0.25, 0.3) is 0 Å². The Morgan fingerprint density at radius 3 is 2.35 bits per heavy atom. The SMILES string of the molecule is CCNCCNS(=O)(=O)c1cc(C(C)(C)C)ccc1C. The molecule has 0 radical (unpaired) electrons. The van der Waals surface area contributed by atoms with Gasteiger partial charge in [0, 0.05) is 13.1 Å². The molecule has 114 valence electrons. The predicted octanol–water partition coefficient (Wildman–Crippen LogP) is 2.18.